The van der Waals surface area contributed by atoms with Gasteiger partial charge in [-0.1, -0.05) is 26.7 Å². The van der Waals surface area contributed by atoms with Gasteiger partial charge in [-0.2, -0.15) is 0 Å². The van der Waals surface area contributed by atoms with Crippen LogP contribution in [0.1, 0.15) is 46.0 Å². The van der Waals surface area contributed by atoms with Crippen LogP contribution in [0.2, 0.25) is 0 Å². The van der Waals surface area contributed by atoms with Gasteiger partial charge in [0.25, 0.3) is 0 Å². The molecule has 0 aliphatic rings. The minimum Gasteiger partial charge on any atom is -0.465 e. The van der Waals surface area contributed by atoms with E-state index in [0.29, 0.717) is 13.0 Å². The highest BCUT2D eigenvalue weighted by Crippen LogP contribution is 2.35. The molecule has 0 aromatic heterocycles. The fraction of sp³-hybridized carbons (Fsp3) is 0.909. The van der Waals surface area contributed by atoms with Gasteiger partial charge in [0.2, 0.25) is 0 Å². The molecule has 5 nitrogen and oxygen atoms in total. The van der Waals surface area contributed by atoms with Crippen LogP contribution in [-0.2, 0) is 14.1 Å². The molecule has 0 bridgehead atoms. The highest BCUT2D eigenvalue weighted by molar-refractivity contribution is 7.51. The van der Waals surface area contributed by atoms with E-state index in [-0.39, 0.29) is 18.0 Å². The van der Waals surface area contributed by atoms with Crippen LogP contribution in [0.3, 0.4) is 0 Å². The standard InChI is InChI=1S/C11H23O5P/c1-3-10(2)11(12)16-8-6-4-5-7-9-17(13,14)15/h10H,3-9H2,1-2H3,(H2,13,14,15). The van der Waals surface area contributed by atoms with E-state index >= 15 is 0 Å². The zero-order valence-electron chi connectivity index (χ0n) is 10.6. The maximum Gasteiger partial charge on any atom is 0.325 e. The molecule has 0 rings (SSSR count). The van der Waals surface area contributed by atoms with Crippen molar-refractivity contribution in [2.45, 2.75) is 46.0 Å². The van der Waals surface area contributed by atoms with Gasteiger partial charge in [0.15, 0.2) is 0 Å². The van der Waals surface area contributed by atoms with E-state index in [2.05, 4.69) is 0 Å². The van der Waals surface area contributed by atoms with E-state index < -0.39 is 7.60 Å². The Labute approximate surface area is 103 Å². The van der Waals surface area contributed by atoms with Crippen LogP contribution in [0.5, 0.6) is 0 Å². The molecule has 2 N–H and O–H groups in total. The topological polar surface area (TPSA) is 83.8 Å². The third kappa shape index (κ3) is 10.5. The Balaban J connectivity index is 3.36. The molecule has 17 heavy (non-hydrogen) atoms. The summed E-state index contributed by atoms with van der Waals surface area (Å²) in [7, 11) is -3.84. The first-order valence-corrected chi connectivity index (χ1v) is 7.87. The average Bonchev–Trinajstić information content (AvgIpc) is 2.24. The van der Waals surface area contributed by atoms with Crippen molar-refractivity contribution in [3.05, 3.63) is 0 Å². The molecule has 1 unspecified atom stereocenters. The van der Waals surface area contributed by atoms with Gasteiger partial charge in [-0.15, -0.1) is 0 Å². The maximum absolute atomic E-state index is 11.3. The Morgan fingerprint density at radius 2 is 1.82 bits per heavy atom. The molecule has 0 aliphatic carbocycles. The average molecular weight is 266 g/mol. The van der Waals surface area contributed by atoms with E-state index in [1.54, 1.807) is 0 Å². The Kier molecular flexibility index (Phi) is 8.48. The second kappa shape index (κ2) is 8.67. The number of hydrogen-bond acceptors (Lipinski definition) is 3. The Hall–Kier alpha value is -0.380. The summed E-state index contributed by atoms with van der Waals surface area (Å²) in [4.78, 5) is 28.5. The lowest BCUT2D eigenvalue weighted by Gasteiger charge is -2.09. The Morgan fingerprint density at radius 3 is 2.35 bits per heavy atom. The SMILES string of the molecule is CCC(C)C(=O)OCCCCCCP(=O)(O)O. The molecule has 0 fully saturated rings. The summed E-state index contributed by atoms with van der Waals surface area (Å²) >= 11 is 0. The number of hydrogen-bond donors (Lipinski definition) is 2. The van der Waals surface area contributed by atoms with Crippen molar-refractivity contribution in [1.29, 1.82) is 0 Å². The number of ether oxygens (including phenoxy) is 1. The van der Waals surface area contributed by atoms with E-state index in [4.69, 9.17) is 14.5 Å². The minimum absolute atomic E-state index is 0.0512. The van der Waals surface area contributed by atoms with Crippen LogP contribution in [0, 0.1) is 5.92 Å². The Bertz CT molecular complexity index is 261. The third-order valence-electron chi connectivity index (χ3n) is 2.60. The van der Waals surface area contributed by atoms with Crippen molar-refractivity contribution in [2.75, 3.05) is 12.8 Å². The molecule has 1 atom stereocenters. The lowest BCUT2D eigenvalue weighted by atomic mass is 10.1. The molecule has 0 heterocycles. The van der Waals surface area contributed by atoms with E-state index in [1.165, 1.54) is 0 Å². The smallest absolute Gasteiger partial charge is 0.325 e. The largest absolute Gasteiger partial charge is 0.465 e. The molecule has 0 saturated carbocycles. The lowest BCUT2D eigenvalue weighted by molar-refractivity contribution is -0.148. The van der Waals surface area contributed by atoms with Crippen molar-refractivity contribution >= 4 is 13.6 Å². The molecule has 0 aromatic rings. The van der Waals surface area contributed by atoms with Crippen LogP contribution in [0.25, 0.3) is 0 Å². The first-order chi connectivity index (χ1) is 7.87. The quantitative estimate of drug-likeness (QED) is 0.380. The minimum atomic E-state index is -3.84. The number of carbonyl (C=O) groups excluding carboxylic acids is 1. The molecule has 0 saturated heterocycles. The number of rotatable bonds is 9. The maximum atomic E-state index is 11.3. The van der Waals surface area contributed by atoms with Crippen LogP contribution < -0.4 is 0 Å². The van der Waals surface area contributed by atoms with E-state index in [9.17, 15) is 9.36 Å². The number of unbranched alkanes of at least 4 members (excludes halogenated alkanes) is 3. The van der Waals surface area contributed by atoms with Gasteiger partial charge < -0.3 is 14.5 Å². The van der Waals surface area contributed by atoms with Gasteiger partial charge in [-0.05, 0) is 19.3 Å². The summed E-state index contributed by atoms with van der Waals surface area (Å²) in [5, 5.41) is 0. The van der Waals surface area contributed by atoms with Crippen LogP contribution in [-0.4, -0.2) is 28.5 Å². The zero-order valence-corrected chi connectivity index (χ0v) is 11.5. The normalized spacial score (nSPS) is 13.4. The summed E-state index contributed by atoms with van der Waals surface area (Å²) < 4.78 is 15.6. The van der Waals surface area contributed by atoms with Gasteiger partial charge in [-0.3, -0.25) is 9.36 Å². The Morgan fingerprint density at radius 1 is 1.24 bits per heavy atom. The van der Waals surface area contributed by atoms with Gasteiger partial charge in [-0.25, -0.2) is 0 Å². The monoisotopic (exact) mass is 266 g/mol. The van der Waals surface area contributed by atoms with Crippen LogP contribution in [0.15, 0.2) is 0 Å². The van der Waals surface area contributed by atoms with Crippen molar-refractivity contribution in [3.8, 4) is 0 Å². The summed E-state index contributed by atoms with van der Waals surface area (Å²) in [6.07, 6.45) is 3.58. The number of carbonyl (C=O) groups is 1. The van der Waals surface area contributed by atoms with Gasteiger partial charge >= 0.3 is 13.6 Å². The van der Waals surface area contributed by atoms with Crippen molar-refractivity contribution in [1.82, 2.24) is 0 Å². The van der Waals surface area contributed by atoms with Gasteiger partial charge in [0.1, 0.15) is 0 Å². The second-order valence-corrected chi connectivity index (χ2v) is 6.06. The highest BCUT2D eigenvalue weighted by atomic mass is 31.2. The predicted octanol–water partition coefficient (Wildman–Crippen LogP) is 2.31. The van der Waals surface area contributed by atoms with Crippen molar-refractivity contribution < 1.29 is 23.9 Å². The molecular formula is C11H23O5P. The van der Waals surface area contributed by atoms with Crippen molar-refractivity contribution in [3.63, 3.8) is 0 Å². The lowest BCUT2D eigenvalue weighted by Crippen LogP contribution is -2.14. The molecule has 6 heteroatoms. The molecular weight excluding hydrogens is 243 g/mol. The number of esters is 1. The zero-order chi connectivity index (χ0) is 13.3. The fourth-order valence-corrected chi connectivity index (χ4v) is 1.89. The van der Waals surface area contributed by atoms with E-state index in [0.717, 1.165) is 25.7 Å². The molecule has 0 aromatic carbocycles. The third-order valence-corrected chi connectivity index (χ3v) is 3.50. The van der Waals surface area contributed by atoms with Crippen molar-refractivity contribution in [2.24, 2.45) is 5.92 Å². The first-order valence-electron chi connectivity index (χ1n) is 6.08. The molecule has 0 amide bonds. The molecule has 0 spiro atoms. The van der Waals surface area contributed by atoms with Gasteiger partial charge in [0, 0.05) is 6.16 Å². The van der Waals surface area contributed by atoms with Crippen LogP contribution in [0.4, 0.5) is 0 Å². The molecule has 0 radical (unpaired) electrons. The fourth-order valence-electron chi connectivity index (χ4n) is 1.26. The van der Waals surface area contributed by atoms with Crippen LogP contribution >= 0.6 is 7.60 Å². The summed E-state index contributed by atoms with van der Waals surface area (Å²) in [5.74, 6) is -0.215. The van der Waals surface area contributed by atoms with Gasteiger partial charge in [0.05, 0.1) is 12.5 Å². The summed E-state index contributed by atoms with van der Waals surface area (Å²) in [5.41, 5.74) is 0. The molecule has 0 aliphatic heterocycles. The second-order valence-electron chi connectivity index (χ2n) is 4.28. The highest BCUT2D eigenvalue weighted by Gasteiger charge is 2.12. The predicted molar refractivity (Wildman–Crippen MR) is 65.8 cm³/mol. The van der Waals surface area contributed by atoms with E-state index in [1.807, 2.05) is 13.8 Å². The summed E-state index contributed by atoms with van der Waals surface area (Å²) in [6.45, 7) is 4.18. The molecule has 102 valence electrons. The first kappa shape index (κ1) is 16.6. The summed E-state index contributed by atoms with van der Waals surface area (Å²) in [6, 6.07) is 0.